The smallest absolute Gasteiger partial charge is 0.300 e. The minimum Gasteiger partial charge on any atom is -0.481 e. The van der Waals surface area contributed by atoms with Crippen molar-refractivity contribution in [1.29, 1.82) is 0 Å². The molecule has 8 heavy (non-hydrogen) atoms. The molecule has 0 aromatic heterocycles. The summed E-state index contributed by atoms with van der Waals surface area (Å²) in [6, 6.07) is 0. The number of hydrogen-bond donors (Lipinski definition) is 1. The van der Waals surface area contributed by atoms with Crippen molar-refractivity contribution in [3.63, 3.8) is 0 Å². The Kier molecular flexibility index (Phi) is 136. The Labute approximate surface area is 66.8 Å². The van der Waals surface area contributed by atoms with Crippen molar-refractivity contribution in [2.24, 2.45) is 0 Å². The van der Waals surface area contributed by atoms with E-state index in [9.17, 15) is 0 Å². The maximum absolute atomic E-state index is 9.00. The van der Waals surface area contributed by atoms with Crippen LogP contribution in [0, 0.1) is 0 Å². The van der Waals surface area contributed by atoms with Gasteiger partial charge in [0.1, 0.15) is 0 Å². The molecule has 0 aliphatic carbocycles. The molecule has 0 saturated heterocycles. The summed E-state index contributed by atoms with van der Waals surface area (Å²) in [6.45, 7) is 1.08. The number of rotatable bonds is 0. The van der Waals surface area contributed by atoms with Gasteiger partial charge in [-0.3, -0.25) is 4.79 Å². The van der Waals surface area contributed by atoms with Gasteiger partial charge in [0.25, 0.3) is 5.97 Å². The van der Waals surface area contributed by atoms with Crippen LogP contribution in [0.3, 0.4) is 0 Å². The van der Waals surface area contributed by atoms with Crippen LogP contribution in [0.4, 0.5) is 0 Å². The maximum atomic E-state index is 9.00. The van der Waals surface area contributed by atoms with Crippen LogP contribution in [0.2, 0.25) is 0 Å². The summed E-state index contributed by atoms with van der Waals surface area (Å²) in [5.41, 5.74) is 0. The van der Waals surface area contributed by atoms with Crippen LogP contribution in [-0.4, -0.2) is 27.5 Å². The van der Waals surface area contributed by atoms with Crippen molar-refractivity contribution in [2.75, 3.05) is 0 Å². The monoisotopic (exact) mass is 228 g/mol. The predicted molar refractivity (Wildman–Crippen MR) is 24.2 cm³/mol. The third-order valence-corrected chi connectivity index (χ3v) is 0. The van der Waals surface area contributed by atoms with E-state index in [4.69, 9.17) is 9.90 Å². The Morgan fingerprint density at radius 3 is 1.25 bits per heavy atom. The average molecular weight is 227 g/mol. The summed E-state index contributed by atoms with van der Waals surface area (Å²) in [4.78, 5) is 9.00. The van der Waals surface area contributed by atoms with E-state index in [1.54, 1.807) is 0 Å². The van der Waals surface area contributed by atoms with E-state index < -0.39 is 5.97 Å². The summed E-state index contributed by atoms with van der Waals surface area (Å²) >= 11 is 0. The van der Waals surface area contributed by atoms with Gasteiger partial charge in [0.05, 0.1) is 0 Å². The van der Waals surface area contributed by atoms with Gasteiger partial charge in [-0.05, 0) is 0 Å². The molecule has 0 spiro atoms. The molecule has 0 unspecified atom stereocenters. The van der Waals surface area contributed by atoms with Gasteiger partial charge in [0.2, 0.25) is 0 Å². The Bertz CT molecular complexity index is 33.4. The molecule has 6 heteroatoms. The fraction of sp³-hybridized carbons (Fsp3) is 0.500. The van der Waals surface area contributed by atoms with Crippen molar-refractivity contribution in [3.05, 3.63) is 0 Å². The zero-order chi connectivity index (χ0) is 3.58. The SMILES string of the molecule is CC(=O)O.O.O.O.[Cd]. The molecule has 5 nitrogen and oxygen atoms in total. The molecular weight excluding hydrogens is 216 g/mol. The number of carbonyl (C=O) groups is 1. The fourth-order valence-corrected chi connectivity index (χ4v) is 0. The molecule has 50 valence electrons. The zero-order valence-corrected chi connectivity index (χ0v) is 8.60. The third kappa shape index (κ3) is 2350. The third-order valence-electron chi connectivity index (χ3n) is 0. The van der Waals surface area contributed by atoms with Crippen LogP contribution in [0.25, 0.3) is 0 Å². The molecule has 0 aromatic carbocycles. The first-order chi connectivity index (χ1) is 1.73. The predicted octanol–water partition coefficient (Wildman–Crippen LogP) is -2.39. The average Bonchev–Trinajstić information content (AvgIpc) is 0.811. The van der Waals surface area contributed by atoms with Crippen molar-refractivity contribution >= 4 is 5.97 Å². The standard InChI is InChI=1S/C2H4O2.Cd.3H2O/c1-2(3)4;;;;/h1H3,(H,3,4);;3*1H2. The van der Waals surface area contributed by atoms with E-state index in [0.29, 0.717) is 0 Å². The molecule has 0 bridgehead atoms. The van der Waals surface area contributed by atoms with Crippen molar-refractivity contribution < 1.29 is 53.6 Å². The number of carboxylic acid groups (broad SMARTS) is 1. The zero-order valence-electron chi connectivity index (χ0n) is 4.56. The second kappa shape index (κ2) is 26.7. The van der Waals surface area contributed by atoms with Gasteiger partial charge in [-0.15, -0.1) is 0 Å². The van der Waals surface area contributed by atoms with Gasteiger partial charge >= 0.3 is 0 Å². The Morgan fingerprint density at radius 1 is 1.25 bits per heavy atom. The molecule has 0 radical (unpaired) electrons. The number of hydrogen-bond acceptors (Lipinski definition) is 1. The Balaban J connectivity index is -0.00000000750. The van der Waals surface area contributed by atoms with Gasteiger partial charge in [-0.1, -0.05) is 0 Å². The van der Waals surface area contributed by atoms with Crippen LogP contribution < -0.4 is 0 Å². The molecule has 0 heterocycles. The van der Waals surface area contributed by atoms with Crippen LogP contribution in [0.5, 0.6) is 0 Å². The number of carboxylic acids is 1. The van der Waals surface area contributed by atoms with Crippen LogP contribution in [0.15, 0.2) is 0 Å². The molecule has 0 atom stereocenters. The number of aliphatic carboxylic acids is 1. The second-order valence-electron chi connectivity index (χ2n) is 0.519. The van der Waals surface area contributed by atoms with Gasteiger partial charge in [0, 0.05) is 34.2 Å². The minimum absolute atomic E-state index is 0. The van der Waals surface area contributed by atoms with Gasteiger partial charge < -0.3 is 21.5 Å². The molecule has 0 aliphatic heterocycles. The van der Waals surface area contributed by atoms with Crippen molar-refractivity contribution in [3.8, 4) is 0 Å². The topological polar surface area (TPSA) is 132 Å². The summed E-state index contributed by atoms with van der Waals surface area (Å²) in [6.07, 6.45) is 0. The summed E-state index contributed by atoms with van der Waals surface area (Å²) in [7, 11) is 0. The van der Waals surface area contributed by atoms with Crippen LogP contribution in [0.1, 0.15) is 6.92 Å². The molecule has 0 saturated carbocycles. The molecule has 0 rings (SSSR count). The van der Waals surface area contributed by atoms with Crippen LogP contribution in [-0.2, 0) is 32.1 Å². The first kappa shape index (κ1) is 40.9. The quantitative estimate of drug-likeness (QED) is 0.462. The summed E-state index contributed by atoms with van der Waals surface area (Å²) in [5.74, 6) is -0.833. The van der Waals surface area contributed by atoms with E-state index >= 15 is 0 Å². The first-order valence-electron chi connectivity index (χ1n) is 0.928. The second-order valence-corrected chi connectivity index (χ2v) is 0.519. The molecule has 0 amide bonds. The summed E-state index contributed by atoms with van der Waals surface area (Å²) in [5, 5.41) is 7.42. The van der Waals surface area contributed by atoms with Crippen LogP contribution >= 0.6 is 0 Å². The van der Waals surface area contributed by atoms with E-state index in [2.05, 4.69) is 0 Å². The van der Waals surface area contributed by atoms with Crippen molar-refractivity contribution in [1.82, 2.24) is 0 Å². The van der Waals surface area contributed by atoms with Gasteiger partial charge in [-0.25, -0.2) is 0 Å². The van der Waals surface area contributed by atoms with E-state index in [1.807, 2.05) is 0 Å². The van der Waals surface area contributed by atoms with E-state index in [1.165, 1.54) is 0 Å². The Hall–Kier alpha value is 0.272. The fourth-order valence-electron chi connectivity index (χ4n) is 0. The molecule has 0 fully saturated rings. The normalized spacial score (nSPS) is 3.12. The van der Waals surface area contributed by atoms with Gasteiger partial charge in [0.15, 0.2) is 0 Å². The maximum Gasteiger partial charge on any atom is 0.300 e. The molecule has 0 aliphatic rings. The first-order valence-corrected chi connectivity index (χ1v) is 0.928. The molecule has 7 N–H and O–H groups in total. The van der Waals surface area contributed by atoms with Crippen molar-refractivity contribution in [2.45, 2.75) is 6.92 Å². The minimum atomic E-state index is -0.833. The molecule has 0 aromatic rings. The van der Waals surface area contributed by atoms with Gasteiger partial charge in [-0.2, -0.15) is 0 Å². The summed E-state index contributed by atoms with van der Waals surface area (Å²) < 4.78 is 0. The van der Waals surface area contributed by atoms with E-state index in [-0.39, 0.29) is 43.7 Å². The largest absolute Gasteiger partial charge is 0.481 e. The molecular formula is C2H10CdO5. The Morgan fingerprint density at radius 2 is 1.25 bits per heavy atom. The van der Waals surface area contributed by atoms with E-state index in [0.717, 1.165) is 6.92 Å².